The van der Waals surface area contributed by atoms with E-state index < -0.39 is 5.82 Å². The van der Waals surface area contributed by atoms with Gasteiger partial charge in [-0.05, 0) is 39.5 Å². The maximum atomic E-state index is 13.2. The van der Waals surface area contributed by atoms with Crippen LogP contribution in [-0.2, 0) is 6.42 Å². The molecule has 2 nitrogen and oxygen atoms in total. The maximum absolute atomic E-state index is 13.2. The molecule has 0 radical (unpaired) electrons. The van der Waals surface area contributed by atoms with E-state index >= 15 is 0 Å². The number of Topliss-reactive ketones (excluding diaryl/α,β-unsaturated/α-hetero) is 1. The van der Waals surface area contributed by atoms with Crippen molar-refractivity contribution < 1.29 is 9.18 Å². The molecule has 88 valence electrons. The first-order valence-corrected chi connectivity index (χ1v) is 6.56. The van der Waals surface area contributed by atoms with Crippen molar-refractivity contribution in [3.63, 3.8) is 0 Å². The van der Waals surface area contributed by atoms with E-state index in [1.807, 2.05) is 11.4 Å². The molecule has 2 N–H and O–H groups in total. The van der Waals surface area contributed by atoms with Gasteiger partial charge in [-0.25, -0.2) is 4.39 Å². The van der Waals surface area contributed by atoms with Crippen LogP contribution in [0.4, 0.5) is 10.1 Å². The van der Waals surface area contributed by atoms with Crippen LogP contribution in [0.1, 0.15) is 15.2 Å². The largest absolute Gasteiger partial charge is 0.396 e. The summed E-state index contributed by atoms with van der Waals surface area (Å²) in [5.74, 6) is -0.730. The summed E-state index contributed by atoms with van der Waals surface area (Å²) < 4.78 is 14.1. The fraction of sp³-hybridized carbons (Fsp3) is 0.0833. The highest BCUT2D eigenvalue weighted by atomic mass is 79.9. The summed E-state index contributed by atoms with van der Waals surface area (Å²) in [4.78, 5) is 12.9. The molecular formula is C12H9BrFNOS. The molecular weight excluding hydrogens is 305 g/mol. The van der Waals surface area contributed by atoms with E-state index in [9.17, 15) is 9.18 Å². The van der Waals surface area contributed by atoms with Crippen LogP contribution >= 0.6 is 27.3 Å². The number of thiophene rings is 1. The van der Waals surface area contributed by atoms with Gasteiger partial charge in [-0.3, -0.25) is 4.79 Å². The Morgan fingerprint density at radius 2 is 2.18 bits per heavy atom. The zero-order chi connectivity index (χ0) is 12.4. The Bertz CT molecular complexity index is 567. The van der Waals surface area contributed by atoms with Crippen molar-refractivity contribution in [3.05, 3.63) is 50.4 Å². The zero-order valence-electron chi connectivity index (χ0n) is 8.74. The van der Waals surface area contributed by atoms with Gasteiger partial charge in [-0.2, -0.15) is 0 Å². The molecule has 5 heteroatoms. The number of anilines is 1. The summed E-state index contributed by atoms with van der Waals surface area (Å²) >= 11 is 4.83. The predicted molar refractivity (Wildman–Crippen MR) is 70.9 cm³/mol. The number of halogens is 2. The van der Waals surface area contributed by atoms with Crippen molar-refractivity contribution in [2.24, 2.45) is 0 Å². The summed E-state index contributed by atoms with van der Waals surface area (Å²) in [5, 5.41) is 1.89. The van der Waals surface area contributed by atoms with Crippen molar-refractivity contribution in [3.8, 4) is 0 Å². The van der Waals surface area contributed by atoms with Crippen LogP contribution in [0.3, 0.4) is 0 Å². The molecule has 0 aliphatic heterocycles. The molecule has 0 saturated heterocycles. The third-order valence-electron chi connectivity index (χ3n) is 2.37. The van der Waals surface area contributed by atoms with Crippen LogP contribution in [0, 0.1) is 5.82 Å². The minimum Gasteiger partial charge on any atom is -0.396 e. The lowest BCUT2D eigenvalue weighted by molar-refractivity contribution is 0.0994. The van der Waals surface area contributed by atoms with E-state index in [1.54, 1.807) is 6.07 Å². The first kappa shape index (κ1) is 12.3. The first-order valence-electron chi connectivity index (χ1n) is 4.88. The Morgan fingerprint density at radius 1 is 1.41 bits per heavy atom. The van der Waals surface area contributed by atoms with Crippen LogP contribution < -0.4 is 5.73 Å². The summed E-state index contributed by atoms with van der Waals surface area (Å²) in [5.41, 5.74) is 5.71. The summed E-state index contributed by atoms with van der Waals surface area (Å²) in [6.07, 6.45) is 0.228. The summed E-state index contributed by atoms with van der Waals surface area (Å²) in [6.45, 7) is 0. The molecule has 0 aliphatic rings. The highest BCUT2D eigenvalue weighted by Crippen LogP contribution is 2.25. The van der Waals surface area contributed by atoms with E-state index in [0.717, 1.165) is 9.35 Å². The molecule has 0 aliphatic carbocycles. The zero-order valence-corrected chi connectivity index (χ0v) is 11.1. The van der Waals surface area contributed by atoms with Crippen molar-refractivity contribution in [1.29, 1.82) is 0 Å². The smallest absolute Gasteiger partial charge is 0.170 e. The third kappa shape index (κ3) is 2.56. The average molecular weight is 314 g/mol. The number of carbonyl (C=O) groups is 1. The van der Waals surface area contributed by atoms with Crippen LogP contribution in [-0.4, -0.2) is 5.78 Å². The fourth-order valence-corrected chi connectivity index (χ4v) is 2.96. The van der Waals surface area contributed by atoms with Crippen molar-refractivity contribution in [2.75, 3.05) is 5.73 Å². The van der Waals surface area contributed by atoms with Crippen LogP contribution in [0.25, 0.3) is 0 Å². The topological polar surface area (TPSA) is 43.1 Å². The van der Waals surface area contributed by atoms with Crippen LogP contribution in [0.2, 0.25) is 0 Å². The fourth-order valence-electron chi connectivity index (χ4n) is 1.47. The SMILES string of the molecule is Nc1c(F)cccc1C(=O)Cc1sccc1Br. The molecule has 0 saturated carbocycles. The van der Waals surface area contributed by atoms with Crippen molar-refractivity contribution >= 4 is 38.7 Å². The van der Waals surface area contributed by atoms with E-state index in [-0.39, 0.29) is 23.5 Å². The number of nitrogens with two attached hydrogens (primary N) is 1. The third-order valence-corrected chi connectivity index (χ3v) is 4.29. The number of hydrogen-bond acceptors (Lipinski definition) is 3. The second kappa shape index (κ2) is 4.98. The molecule has 0 unspecified atom stereocenters. The maximum Gasteiger partial charge on any atom is 0.170 e. The number of carbonyl (C=O) groups excluding carboxylic acids is 1. The minimum absolute atomic E-state index is 0.0785. The number of nitrogen functional groups attached to an aromatic ring is 1. The predicted octanol–water partition coefficient (Wildman–Crippen LogP) is 3.66. The Labute approximate surface area is 110 Å². The molecule has 2 rings (SSSR count). The number of para-hydroxylation sites is 1. The summed E-state index contributed by atoms with van der Waals surface area (Å²) in [6, 6.07) is 6.15. The molecule has 0 fully saturated rings. The second-order valence-corrected chi connectivity index (χ2v) is 5.35. The Hall–Kier alpha value is -1.20. The van der Waals surface area contributed by atoms with Gasteiger partial charge in [-0.15, -0.1) is 11.3 Å². The second-order valence-electron chi connectivity index (χ2n) is 3.49. The van der Waals surface area contributed by atoms with E-state index in [1.165, 1.54) is 23.5 Å². The standard InChI is InChI=1S/C12H9BrFNOS/c13-8-4-5-17-11(8)6-10(16)7-2-1-3-9(14)12(7)15/h1-5H,6,15H2. The van der Waals surface area contributed by atoms with Crippen LogP contribution in [0.5, 0.6) is 0 Å². The van der Waals surface area contributed by atoms with Gasteiger partial charge in [0.1, 0.15) is 5.82 Å². The number of rotatable bonds is 3. The lowest BCUT2D eigenvalue weighted by atomic mass is 10.1. The lowest BCUT2D eigenvalue weighted by Crippen LogP contribution is -2.07. The van der Waals surface area contributed by atoms with Gasteiger partial charge in [0.25, 0.3) is 0 Å². The molecule has 1 aromatic heterocycles. The summed E-state index contributed by atoms with van der Waals surface area (Å²) in [7, 11) is 0. The van der Waals surface area contributed by atoms with Gasteiger partial charge in [0.2, 0.25) is 0 Å². The van der Waals surface area contributed by atoms with Crippen molar-refractivity contribution in [2.45, 2.75) is 6.42 Å². The van der Waals surface area contributed by atoms with Gasteiger partial charge < -0.3 is 5.73 Å². The Balaban J connectivity index is 2.27. The number of benzene rings is 1. The van der Waals surface area contributed by atoms with E-state index in [0.29, 0.717) is 0 Å². The van der Waals surface area contributed by atoms with E-state index in [2.05, 4.69) is 15.9 Å². The highest BCUT2D eigenvalue weighted by Gasteiger charge is 2.15. The molecule has 1 heterocycles. The Morgan fingerprint density at radius 3 is 2.82 bits per heavy atom. The number of hydrogen-bond donors (Lipinski definition) is 1. The molecule has 0 atom stereocenters. The van der Waals surface area contributed by atoms with E-state index in [4.69, 9.17) is 5.73 Å². The minimum atomic E-state index is -0.555. The molecule has 0 spiro atoms. The molecule has 17 heavy (non-hydrogen) atoms. The lowest BCUT2D eigenvalue weighted by Gasteiger charge is -2.04. The Kier molecular flexibility index (Phi) is 3.59. The van der Waals surface area contributed by atoms with Gasteiger partial charge in [0, 0.05) is 21.3 Å². The molecule has 0 amide bonds. The van der Waals surface area contributed by atoms with Gasteiger partial charge in [0.05, 0.1) is 5.69 Å². The average Bonchev–Trinajstić information content (AvgIpc) is 2.68. The van der Waals surface area contributed by atoms with Crippen molar-refractivity contribution in [1.82, 2.24) is 0 Å². The molecule has 0 bridgehead atoms. The molecule has 2 aromatic rings. The quantitative estimate of drug-likeness (QED) is 0.694. The normalized spacial score (nSPS) is 10.5. The van der Waals surface area contributed by atoms with Gasteiger partial charge in [0.15, 0.2) is 5.78 Å². The number of ketones is 1. The monoisotopic (exact) mass is 313 g/mol. The van der Waals surface area contributed by atoms with Gasteiger partial charge in [-0.1, -0.05) is 6.07 Å². The van der Waals surface area contributed by atoms with Crippen LogP contribution in [0.15, 0.2) is 34.1 Å². The first-order chi connectivity index (χ1) is 8.09. The highest BCUT2D eigenvalue weighted by molar-refractivity contribution is 9.10. The molecule has 1 aromatic carbocycles. The van der Waals surface area contributed by atoms with Gasteiger partial charge >= 0.3 is 0 Å².